The summed E-state index contributed by atoms with van der Waals surface area (Å²) in [6.45, 7) is 5.26. The van der Waals surface area contributed by atoms with Gasteiger partial charge in [-0.2, -0.15) is 0 Å². The minimum absolute atomic E-state index is 0.286. The number of carbonyl (C=O) groups is 1. The molecular formula is C27H56N2O. The summed E-state index contributed by atoms with van der Waals surface area (Å²) in [7, 11) is 3.92. The Morgan fingerprint density at radius 3 is 1.13 bits per heavy atom. The first-order valence-electron chi connectivity index (χ1n) is 13.6. The minimum atomic E-state index is 0.286. The van der Waals surface area contributed by atoms with E-state index in [4.69, 9.17) is 0 Å². The highest BCUT2D eigenvalue weighted by atomic mass is 16.2. The maximum atomic E-state index is 12.2. The number of unbranched alkanes of at least 4 members (excludes halogenated alkanes) is 18. The van der Waals surface area contributed by atoms with Crippen LogP contribution < -0.4 is 0 Å². The van der Waals surface area contributed by atoms with E-state index in [9.17, 15) is 4.79 Å². The average molecular weight is 425 g/mol. The van der Waals surface area contributed by atoms with E-state index >= 15 is 0 Å². The molecule has 0 unspecified atom stereocenters. The van der Waals surface area contributed by atoms with Crippen molar-refractivity contribution in [1.82, 2.24) is 10.0 Å². The Kier molecular flexibility index (Phi) is 22.7. The van der Waals surface area contributed by atoms with Crippen molar-refractivity contribution in [3.63, 3.8) is 0 Å². The van der Waals surface area contributed by atoms with Crippen LogP contribution in [0.4, 0.5) is 0 Å². The van der Waals surface area contributed by atoms with Crippen LogP contribution in [0.3, 0.4) is 0 Å². The van der Waals surface area contributed by atoms with E-state index in [2.05, 4.69) is 13.8 Å². The zero-order valence-corrected chi connectivity index (χ0v) is 21.4. The molecule has 1 amide bonds. The van der Waals surface area contributed by atoms with E-state index in [1.165, 1.54) is 116 Å². The van der Waals surface area contributed by atoms with Crippen molar-refractivity contribution in [2.24, 2.45) is 0 Å². The molecule has 0 spiro atoms. The molecule has 0 atom stereocenters. The molecule has 0 aliphatic rings. The Morgan fingerprint density at radius 1 is 0.500 bits per heavy atom. The number of amides is 1. The molecule has 0 aromatic heterocycles. The van der Waals surface area contributed by atoms with Crippen LogP contribution >= 0.6 is 0 Å². The van der Waals surface area contributed by atoms with Gasteiger partial charge >= 0.3 is 0 Å². The molecule has 3 nitrogen and oxygen atoms in total. The fourth-order valence-electron chi connectivity index (χ4n) is 4.24. The molecule has 0 heterocycles. The lowest BCUT2D eigenvalue weighted by atomic mass is 10.0. The number of carbonyl (C=O) groups excluding carboxylic acids is 1. The molecule has 0 aliphatic heterocycles. The molecule has 0 radical (unpaired) electrons. The summed E-state index contributed by atoms with van der Waals surface area (Å²) in [4.78, 5) is 12.2. The van der Waals surface area contributed by atoms with Crippen LogP contribution in [0.5, 0.6) is 0 Å². The molecule has 0 bridgehead atoms. The van der Waals surface area contributed by atoms with Gasteiger partial charge in [-0.3, -0.25) is 9.80 Å². The van der Waals surface area contributed by atoms with Gasteiger partial charge in [0, 0.05) is 27.1 Å². The van der Waals surface area contributed by atoms with E-state index in [-0.39, 0.29) is 5.91 Å². The zero-order valence-electron chi connectivity index (χ0n) is 21.4. The van der Waals surface area contributed by atoms with Crippen molar-refractivity contribution < 1.29 is 4.79 Å². The summed E-state index contributed by atoms with van der Waals surface area (Å²) in [5.74, 6) is 0.286. The predicted molar refractivity (Wildman–Crippen MR) is 134 cm³/mol. The lowest BCUT2D eigenvalue weighted by Gasteiger charge is -2.28. The average Bonchev–Trinajstić information content (AvgIpc) is 2.73. The van der Waals surface area contributed by atoms with Crippen LogP contribution in [-0.4, -0.2) is 36.6 Å². The van der Waals surface area contributed by atoms with Crippen molar-refractivity contribution in [2.75, 3.05) is 20.6 Å². The van der Waals surface area contributed by atoms with Gasteiger partial charge in [0.1, 0.15) is 0 Å². The number of hydrazine groups is 1. The highest BCUT2D eigenvalue weighted by molar-refractivity contribution is 5.75. The van der Waals surface area contributed by atoms with Crippen LogP contribution in [-0.2, 0) is 4.79 Å². The Bertz CT molecular complexity index is 357. The van der Waals surface area contributed by atoms with Crippen molar-refractivity contribution in [3.8, 4) is 0 Å². The first kappa shape index (κ1) is 29.4. The van der Waals surface area contributed by atoms with Crippen LogP contribution in [0, 0.1) is 0 Å². The maximum Gasteiger partial charge on any atom is 0.236 e. The van der Waals surface area contributed by atoms with E-state index in [0.29, 0.717) is 6.42 Å². The van der Waals surface area contributed by atoms with Gasteiger partial charge in [-0.1, -0.05) is 129 Å². The van der Waals surface area contributed by atoms with Crippen molar-refractivity contribution >= 4 is 5.91 Å². The number of rotatable bonds is 23. The number of hydrogen-bond donors (Lipinski definition) is 0. The second-order valence-corrected chi connectivity index (χ2v) is 9.48. The fourth-order valence-corrected chi connectivity index (χ4v) is 4.24. The third-order valence-corrected chi connectivity index (χ3v) is 6.20. The van der Waals surface area contributed by atoms with Crippen LogP contribution in [0.1, 0.15) is 149 Å². The molecule has 0 saturated carbocycles. The Balaban J connectivity index is 3.25. The molecule has 0 N–H and O–H groups in total. The second kappa shape index (κ2) is 23.1. The van der Waals surface area contributed by atoms with Gasteiger partial charge in [-0.05, 0) is 12.8 Å². The number of hydrogen-bond acceptors (Lipinski definition) is 2. The monoisotopic (exact) mass is 424 g/mol. The molecular weight excluding hydrogens is 368 g/mol. The van der Waals surface area contributed by atoms with Gasteiger partial charge in [0.25, 0.3) is 0 Å². The van der Waals surface area contributed by atoms with E-state index < -0.39 is 0 Å². The quantitative estimate of drug-likeness (QED) is 0.121. The molecule has 0 aromatic carbocycles. The van der Waals surface area contributed by atoms with E-state index in [0.717, 1.165) is 19.4 Å². The molecule has 0 aromatic rings. The lowest BCUT2D eigenvalue weighted by Crippen LogP contribution is -2.42. The molecule has 3 heteroatoms. The summed E-state index contributed by atoms with van der Waals surface area (Å²) in [6.07, 6.45) is 28.1. The van der Waals surface area contributed by atoms with Gasteiger partial charge in [0.05, 0.1) is 0 Å². The molecule has 0 aliphatic carbocycles. The Labute approximate surface area is 190 Å². The third-order valence-electron chi connectivity index (χ3n) is 6.20. The third kappa shape index (κ3) is 19.4. The summed E-state index contributed by atoms with van der Waals surface area (Å²) in [5.41, 5.74) is 0. The smallest absolute Gasteiger partial charge is 0.236 e. The summed E-state index contributed by atoms with van der Waals surface area (Å²) >= 11 is 0. The highest BCUT2D eigenvalue weighted by Crippen LogP contribution is 2.15. The van der Waals surface area contributed by atoms with Crippen molar-refractivity contribution in [1.29, 1.82) is 0 Å². The van der Waals surface area contributed by atoms with E-state index in [1.54, 1.807) is 0 Å². The van der Waals surface area contributed by atoms with Gasteiger partial charge in [0.2, 0.25) is 5.91 Å². The van der Waals surface area contributed by atoms with Gasteiger partial charge < -0.3 is 0 Å². The standard InChI is InChI=1S/C27H56N2O/c1-5-7-8-9-10-11-12-13-14-15-16-17-18-19-20-21-22-23-24-25-27(30)29(26-6-2)28(3)4/h5-26H2,1-4H3. The lowest BCUT2D eigenvalue weighted by molar-refractivity contribution is -0.144. The van der Waals surface area contributed by atoms with Crippen LogP contribution in [0.15, 0.2) is 0 Å². The van der Waals surface area contributed by atoms with Gasteiger partial charge in [-0.25, -0.2) is 5.01 Å². The maximum absolute atomic E-state index is 12.2. The minimum Gasteiger partial charge on any atom is -0.276 e. The molecule has 30 heavy (non-hydrogen) atoms. The normalized spacial score (nSPS) is 11.4. The SMILES string of the molecule is CCCCCCCCCCCCCCCCCCCCCC(=O)N(CCC)N(C)C. The molecule has 180 valence electrons. The zero-order chi connectivity index (χ0) is 22.3. The summed E-state index contributed by atoms with van der Waals surface area (Å²) < 4.78 is 0. The Hall–Kier alpha value is -0.570. The Morgan fingerprint density at radius 2 is 0.833 bits per heavy atom. The molecule has 0 fully saturated rings. The van der Waals surface area contributed by atoms with Crippen molar-refractivity contribution in [3.05, 3.63) is 0 Å². The largest absolute Gasteiger partial charge is 0.276 e. The van der Waals surface area contributed by atoms with Crippen LogP contribution in [0.25, 0.3) is 0 Å². The van der Waals surface area contributed by atoms with Crippen LogP contribution in [0.2, 0.25) is 0 Å². The topological polar surface area (TPSA) is 23.6 Å². The highest BCUT2D eigenvalue weighted by Gasteiger charge is 2.13. The summed E-state index contributed by atoms with van der Waals surface area (Å²) in [5, 5.41) is 3.82. The van der Waals surface area contributed by atoms with Gasteiger partial charge in [-0.15, -0.1) is 0 Å². The van der Waals surface area contributed by atoms with Crippen molar-refractivity contribution in [2.45, 2.75) is 149 Å². The fraction of sp³-hybridized carbons (Fsp3) is 0.963. The van der Waals surface area contributed by atoms with E-state index in [1.807, 2.05) is 24.1 Å². The molecule has 0 rings (SSSR count). The first-order valence-corrected chi connectivity index (χ1v) is 13.6. The second-order valence-electron chi connectivity index (χ2n) is 9.48. The predicted octanol–water partition coefficient (Wildman–Crippen LogP) is 8.52. The molecule has 0 saturated heterocycles. The first-order chi connectivity index (χ1) is 14.6. The summed E-state index contributed by atoms with van der Waals surface area (Å²) in [6, 6.07) is 0. The van der Waals surface area contributed by atoms with Gasteiger partial charge in [0.15, 0.2) is 0 Å². The number of nitrogens with zero attached hydrogens (tertiary/aromatic N) is 2.